The lowest BCUT2D eigenvalue weighted by Crippen LogP contribution is -1.97. The van der Waals surface area contributed by atoms with E-state index < -0.39 is 0 Å². The fourth-order valence-corrected chi connectivity index (χ4v) is 8.15. The molecule has 6 aromatic carbocycles. The molecule has 0 radical (unpaired) electrons. The number of benzene rings is 6. The molecule has 38 heavy (non-hydrogen) atoms. The van der Waals surface area contributed by atoms with Gasteiger partial charge in [0.05, 0.1) is 0 Å². The largest absolute Gasteiger partial charge is 0.0616 e. The smallest absolute Gasteiger partial charge is 0.00137 e. The van der Waals surface area contributed by atoms with Gasteiger partial charge in [-0.2, -0.15) is 0 Å². The minimum absolute atomic E-state index is 1.04. The molecule has 0 amide bonds. The average Bonchev–Trinajstić information content (AvgIpc) is 3.47. The quantitative estimate of drug-likeness (QED) is 0.231. The predicted molar refractivity (Wildman–Crippen MR) is 165 cm³/mol. The van der Waals surface area contributed by atoms with Gasteiger partial charge in [0.2, 0.25) is 0 Å². The van der Waals surface area contributed by atoms with Crippen LogP contribution in [0.3, 0.4) is 0 Å². The van der Waals surface area contributed by atoms with Crippen molar-refractivity contribution >= 4 is 32.3 Å². The highest BCUT2D eigenvalue weighted by atomic mass is 14.4. The van der Waals surface area contributed by atoms with Crippen LogP contribution in [0, 0.1) is 0 Å². The maximum atomic E-state index is 2.46. The van der Waals surface area contributed by atoms with Crippen molar-refractivity contribution in [2.75, 3.05) is 0 Å². The van der Waals surface area contributed by atoms with E-state index >= 15 is 0 Å². The first-order valence-corrected chi connectivity index (χ1v) is 14.5. The van der Waals surface area contributed by atoms with Crippen LogP contribution in [0.25, 0.3) is 76.8 Å². The first-order chi connectivity index (χ1) is 18.7. The first-order valence-electron chi connectivity index (χ1n) is 14.5. The Hall–Kier alpha value is -3.90. The van der Waals surface area contributed by atoms with Crippen LogP contribution in [0.5, 0.6) is 0 Å². The molecule has 6 aromatic rings. The van der Waals surface area contributed by atoms with E-state index in [4.69, 9.17) is 0 Å². The van der Waals surface area contributed by atoms with Crippen LogP contribution < -0.4 is 0 Å². The molecule has 0 atom stereocenters. The lowest BCUT2D eigenvalue weighted by atomic mass is 9.84. The lowest BCUT2D eigenvalue weighted by Gasteiger charge is -2.19. The molecule has 0 heterocycles. The van der Waals surface area contributed by atoms with Crippen LogP contribution in [0.15, 0.2) is 72.8 Å². The maximum Gasteiger partial charge on any atom is -0.00137 e. The van der Waals surface area contributed by atoms with E-state index in [9.17, 15) is 0 Å². The standard InChI is InChI=1S/C38H32/c1-5-21-25-13-9-10-14-26(25)22(6-2)34-30-19-20-32-36-24(8-4)28-16-12-11-15-27(28)23(7-3)35(36)31-18-17-29(33(21)34)37(30)38(31)32/h9-20H,5-8H2,1-4H3. The summed E-state index contributed by atoms with van der Waals surface area (Å²) in [6.07, 6.45) is 4.18. The molecule has 0 spiro atoms. The van der Waals surface area contributed by atoms with E-state index in [1.807, 2.05) is 0 Å². The van der Waals surface area contributed by atoms with E-state index in [-0.39, 0.29) is 0 Å². The summed E-state index contributed by atoms with van der Waals surface area (Å²) >= 11 is 0. The van der Waals surface area contributed by atoms with Gasteiger partial charge in [-0.25, -0.2) is 0 Å². The zero-order chi connectivity index (χ0) is 25.7. The molecule has 0 aromatic heterocycles. The molecule has 0 saturated carbocycles. The molecule has 0 aliphatic heterocycles. The fraction of sp³-hybridized carbons (Fsp3) is 0.211. The third-order valence-corrected chi connectivity index (χ3v) is 9.51. The second-order valence-electron chi connectivity index (χ2n) is 11.0. The third-order valence-electron chi connectivity index (χ3n) is 9.51. The summed E-state index contributed by atoms with van der Waals surface area (Å²) in [7, 11) is 0. The summed E-state index contributed by atoms with van der Waals surface area (Å²) in [4.78, 5) is 0. The number of rotatable bonds is 4. The molecule has 0 fully saturated rings. The predicted octanol–water partition coefficient (Wildman–Crippen LogP) is 10.7. The molecule has 0 unspecified atom stereocenters. The molecular weight excluding hydrogens is 456 g/mol. The molecular formula is C38H32. The van der Waals surface area contributed by atoms with Crippen molar-refractivity contribution in [2.24, 2.45) is 0 Å². The van der Waals surface area contributed by atoms with Gasteiger partial charge in [0.1, 0.15) is 0 Å². The van der Waals surface area contributed by atoms with Crippen molar-refractivity contribution < 1.29 is 0 Å². The molecule has 0 N–H and O–H groups in total. The van der Waals surface area contributed by atoms with Crippen LogP contribution in [-0.4, -0.2) is 0 Å². The first kappa shape index (κ1) is 22.1. The van der Waals surface area contributed by atoms with Crippen LogP contribution in [0.1, 0.15) is 49.9 Å². The second-order valence-corrected chi connectivity index (χ2v) is 11.0. The van der Waals surface area contributed by atoms with Gasteiger partial charge in [-0.15, -0.1) is 0 Å². The molecule has 8 rings (SSSR count). The second kappa shape index (κ2) is 7.81. The zero-order valence-electron chi connectivity index (χ0n) is 22.8. The molecule has 0 bridgehead atoms. The fourth-order valence-electron chi connectivity index (χ4n) is 8.15. The van der Waals surface area contributed by atoms with Gasteiger partial charge in [0.25, 0.3) is 0 Å². The van der Waals surface area contributed by atoms with Crippen molar-refractivity contribution in [3.05, 3.63) is 95.1 Å². The maximum absolute atomic E-state index is 2.46. The van der Waals surface area contributed by atoms with Gasteiger partial charge in [0, 0.05) is 0 Å². The average molecular weight is 489 g/mol. The summed E-state index contributed by atoms with van der Waals surface area (Å²) < 4.78 is 0. The topological polar surface area (TPSA) is 0 Å². The number of hydrogen-bond donors (Lipinski definition) is 0. The Kier molecular flexibility index (Phi) is 4.54. The van der Waals surface area contributed by atoms with Gasteiger partial charge >= 0.3 is 0 Å². The van der Waals surface area contributed by atoms with Crippen LogP contribution >= 0.6 is 0 Å². The Balaban J connectivity index is 1.57. The van der Waals surface area contributed by atoms with Gasteiger partial charge in [-0.1, -0.05) is 100 Å². The van der Waals surface area contributed by atoms with Crippen LogP contribution in [-0.2, 0) is 25.7 Å². The minimum Gasteiger partial charge on any atom is -0.0616 e. The molecule has 0 saturated heterocycles. The van der Waals surface area contributed by atoms with E-state index in [2.05, 4.69) is 100 Å². The van der Waals surface area contributed by atoms with Gasteiger partial charge < -0.3 is 0 Å². The van der Waals surface area contributed by atoms with Crippen molar-refractivity contribution in [1.82, 2.24) is 0 Å². The molecule has 0 nitrogen and oxygen atoms in total. The number of hydrogen-bond acceptors (Lipinski definition) is 0. The summed E-state index contributed by atoms with van der Waals surface area (Å²) in [5.74, 6) is 0. The number of aryl methyl sites for hydroxylation is 4. The molecule has 0 heteroatoms. The molecule has 184 valence electrons. The Morgan fingerprint density at radius 2 is 0.579 bits per heavy atom. The minimum atomic E-state index is 1.04. The van der Waals surface area contributed by atoms with Crippen LogP contribution in [0.4, 0.5) is 0 Å². The Morgan fingerprint density at radius 3 is 0.789 bits per heavy atom. The normalized spacial score (nSPS) is 12.6. The van der Waals surface area contributed by atoms with E-state index in [1.54, 1.807) is 0 Å². The summed E-state index contributed by atoms with van der Waals surface area (Å²) in [6, 6.07) is 28.0. The molecule has 2 aliphatic rings. The van der Waals surface area contributed by atoms with Crippen molar-refractivity contribution in [2.45, 2.75) is 53.4 Å². The molecule has 2 aliphatic carbocycles. The van der Waals surface area contributed by atoms with E-state index in [0.29, 0.717) is 0 Å². The summed E-state index contributed by atoms with van der Waals surface area (Å²) in [6.45, 7) is 9.31. The Bertz CT molecular complexity index is 1710. The van der Waals surface area contributed by atoms with Gasteiger partial charge in [-0.05, 0) is 125 Å². The number of fused-ring (bicyclic) bond motifs is 8. The highest BCUT2D eigenvalue weighted by Gasteiger charge is 2.34. The summed E-state index contributed by atoms with van der Waals surface area (Å²) in [5.41, 5.74) is 17.8. The monoisotopic (exact) mass is 488 g/mol. The third kappa shape index (κ3) is 2.47. The lowest BCUT2D eigenvalue weighted by molar-refractivity contribution is 1.13. The van der Waals surface area contributed by atoms with E-state index in [1.165, 1.54) is 99.1 Å². The summed E-state index contributed by atoms with van der Waals surface area (Å²) in [5, 5.41) is 8.70. The highest BCUT2D eigenvalue weighted by molar-refractivity contribution is 6.29. The Morgan fingerprint density at radius 1 is 0.342 bits per heavy atom. The van der Waals surface area contributed by atoms with Crippen molar-refractivity contribution in [3.63, 3.8) is 0 Å². The van der Waals surface area contributed by atoms with Crippen LogP contribution in [0.2, 0.25) is 0 Å². The van der Waals surface area contributed by atoms with Crippen molar-refractivity contribution in [1.29, 1.82) is 0 Å². The van der Waals surface area contributed by atoms with E-state index in [0.717, 1.165) is 25.7 Å². The SMILES string of the molecule is CCc1c2c(c(CC)c3ccccc13)-c1ccc3c4c(ccc-2c14)-c1c-3c(CC)c2ccccc2c1CC. The van der Waals surface area contributed by atoms with Gasteiger partial charge in [0.15, 0.2) is 0 Å². The van der Waals surface area contributed by atoms with Gasteiger partial charge in [-0.3, -0.25) is 0 Å². The highest BCUT2D eigenvalue weighted by Crippen LogP contribution is 2.60. The van der Waals surface area contributed by atoms with Crippen molar-refractivity contribution in [3.8, 4) is 44.5 Å². The zero-order valence-corrected chi connectivity index (χ0v) is 22.8. The Labute approximate surface area is 224 Å².